The Bertz CT molecular complexity index is 412. The van der Waals surface area contributed by atoms with Gasteiger partial charge in [-0.05, 0) is 45.7 Å². The van der Waals surface area contributed by atoms with Crippen LogP contribution in [-0.2, 0) is 11.2 Å². The van der Waals surface area contributed by atoms with Crippen LogP contribution in [0, 0.1) is 0 Å². The van der Waals surface area contributed by atoms with E-state index in [1.165, 1.54) is 5.56 Å². The number of carbonyl (C=O) groups is 1. The van der Waals surface area contributed by atoms with Gasteiger partial charge in [-0.3, -0.25) is 0 Å². The zero-order chi connectivity index (χ0) is 15.2. The zero-order valence-electron chi connectivity index (χ0n) is 12.9. The maximum atomic E-state index is 12.1. The quantitative estimate of drug-likeness (QED) is 0.901. The molecule has 1 rings (SSSR count). The largest absolute Gasteiger partial charge is 0.444 e. The highest BCUT2D eigenvalue weighted by Crippen LogP contribution is 2.15. The smallest absolute Gasteiger partial charge is 0.410 e. The van der Waals surface area contributed by atoms with Crippen LogP contribution in [-0.4, -0.2) is 36.2 Å². The molecule has 0 heterocycles. The van der Waals surface area contributed by atoms with Crippen molar-refractivity contribution in [3.8, 4) is 0 Å². The minimum absolute atomic E-state index is 0.0530. The van der Waals surface area contributed by atoms with E-state index in [2.05, 4.69) is 12.1 Å². The number of rotatable bonds is 5. The Labute approximate surface area is 121 Å². The van der Waals surface area contributed by atoms with Crippen LogP contribution in [0.25, 0.3) is 0 Å². The summed E-state index contributed by atoms with van der Waals surface area (Å²) in [5, 5.41) is 0. The Morgan fingerprint density at radius 1 is 1.30 bits per heavy atom. The van der Waals surface area contributed by atoms with Gasteiger partial charge in [0.25, 0.3) is 0 Å². The molecule has 0 saturated heterocycles. The van der Waals surface area contributed by atoms with Crippen molar-refractivity contribution < 1.29 is 9.53 Å². The summed E-state index contributed by atoms with van der Waals surface area (Å²) in [5.74, 6) is 0. The second-order valence-electron chi connectivity index (χ2n) is 6.01. The number of carbonyl (C=O) groups excluding carboxylic acids is 1. The fourth-order valence-corrected chi connectivity index (χ4v) is 1.99. The minimum atomic E-state index is -0.481. The summed E-state index contributed by atoms with van der Waals surface area (Å²) in [4.78, 5) is 13.8. The van der Waals surface area contributed by atoms with Gasteiger partial charge in [-0.1, -0.05) is 30.3 Å². The van der Waals surface area contributed by atoms with Crippen molar-refractivity contribution in [1.29, 1.82) is 0 Å². The summed E-state index contributed by atoms with van der Waals surface area (Å²) in [5.41, 5.74) is 6.38. The van der Waals surface area contributed by atoms with Crippen LogP contribution in [0.1, 0.15) is 32.8 Å². The van der Waals surface area contributed by atoms with Crippen molar-refractivity contribution in [2.45, 2.75) is 45.3 Å². The molecular formula is C16H26N2O2. The van der Waals surface area contributed by atoms with E-state index in [1.807, 2.05) is 39.0 Å². The van der Waals surface area contributed by atoms with Crippen LogP contribution >= 0.6 is 0 Å². The molecule has 1 amide bonds. The van der Waals surface area contributed by atoms with E-state index < -0.39 is 5.60 Å². The summed E-state index contributed by atoms with van der Waals surface area (Å²) in [6.45, 7) is 6.15. The van der Waals surface area contributed by atoms with Crippen molar-refractivity contribution in [2.24, 2.45) is 5.73 Å². The van der Waals surface area contributed by atoms with E-state index in [4.69, 9.17) is 10.5 Å². The van der Waals surface area contributed by atoms with Crippen molar-refractivity contribution in [3.63, 3.8) is 0 Å². The molecule has 0 radical (unpaired) electrons. The van der Waals surface area contributed by atoms with E-state index in [9.17, 15) is 4.79 Å². The standard InChI is InChI=1S/C16H26N2O2/c1-16(2,3)20-15(19)18(4)14(10-11-17)12-13-8-6-5-7-9-13/h5-9,14H,10-12,17H2,1-4H3/t14-/m1/s1. The average molecular weight is 278 g/mol. The van der Waals surface area contributed by atoms with E-state index >= 15 is 0 Å². The number of hydrogen-bond donors (Lipinski definition) is 1. The predicted octanol–water partition coefficient (Wildman–Crippen LogP) is 2.81. The summed E-state index contributed by atoms with van der Waals surface area (Å²) in [6.07, 6.45) is 1.24. The third-order valence-corrected chi connectivity index (χ3v) is 3.04. The number of nitrogens with zero attached hydrogens (tertiary/aromatic N) is 1. The number of hydrogen-bond acceptors (Lipinski definition) is 3. The van der Waals surface area contributed by atoms with Crippen molar-refractivity contribution in [1.82, 2.24) is 4.90 Å². The Morgan fingerprint density at radius 2 is 1.90 bits per heavy atom. The van der Waals surface area contributed by atoms with Crippen molar-refractivity contribution >= 4 is 6.09 Å². The summed E-state index contributed by atoms with van der Waals surface area (Å²) < 4.78 is 5.41. The number of ether oxygens (including phenoxy) is 1. The van der Waals surface area contributed by atoms with Gasteiger partial charge >= 0.3 is 6.09 Å². The lowest BCUT2D eigenvalue weighted by molar-refractivity contribution is 0.0216. The third kappa shape index (κ3) is 5.61. The van der Waals surface area contributed by atoms with Crippen LogP contribution in [0.15, 0.2) is 30.3 Å². The molecule has 4 nitrogen and oxygen atoms in total. The molecule has 0 aliphatic carbocycles. The predicted molar refractivity (Wildman–Crippen MR) is 81.6 cm³/mol. The Morgan fingerprint density at radius 3 is 2.40 bits per heavy atom. The fraction of sp³-hybridized carbons (Fsp3) is 0.562. The van der Waals surface area contributed by atoms with E-state index in [0.717, 1.165) is 12.8 Å². The maximum Gasteiger partial charge on any atom is 0.410 e. The highest BCUT2D eigenvalue weighted by Gasteiger charge is 2.25. The number of nitrogens with two attached hydrogens (primary N) is 1. The molecule has 1 atom stereocenters. The van der Waals surface area contributed by atoms with Gasteiger partial charge in [-0.25, -0.2) is 4.79 Å². The number of benzene rings is 1. The van der Waals surface area contributed by atoms with Gasteiger partial charge in [0.1, 0.15) is 5.60 Å². The molecule has 0 aliphatic rings. The van der Waals surface area contributed by atoms with Gasteiger partial charge in [0.05, 0.1) is 0 Å². The van der Waals surface area contributed by atoms with Crippen LogP contribution in [0.2, 0.25) is 0 Å². The van der Waals surface area contributed by atoms with Gasteiger partial charge in [0.15, 0.2) is 0 Å². The second-order valence-corrected chi connectivity index (χ2v) is 6.01. The summed E-state index contributed by atoms with van der Waals surface area (Å²) in [6, 6.07) is 10.2. The monoisotopic (exact) mass is 278 g/mol. The van der Waals surface area contributed by atoms with E-state index in [-0.39, 0.29) is 12.1 Å². The Kier molecular flexibility index (Phi) is 6.02. The minimum Gasteiger partial charge on any atom is -0.444 e. The van der Waals surface area contributed by atoms with Gasteiger partial charge in [0, 0.05) is 13.1 Å². The molecule has 0 saturated carbocycles. The molecule has 0 fully saturated rings. The molecule has 1 aromatic carbocycles. The SMILES string of the molecule is CN(C(=O)OC(C)(C)C)[C@H](CCN)Cc1ccccc1. The third-order valence-electron chi connectivity index (χ3n) is 3.04. The van der Waals surface area contributed by atoms with Crippen LogP contribution in [0.3, 0.4) is 0 Å². The van der Waals surface area contributed by atoms with Gasteiger partial charge in [0.2, 0.25) is 0 Å². The first-order valence-electron chi connectivity index (χ1n) is 7.03. The molecule has 4 heteroatoms. The lowest BCUT2D eigenvalue weighted by atomic mass is 10.0. The molecule has 0 aromatic heterocycles. The topological polar surface area (TPSA) is 55.6 Å². The van der Waals surface area contributed by atoms with E-state index in [1.54, 1.807) is 11.9 Å². The number of likely N-dealkylation sites (N-methyl/N-ethyl adjacent to an activating group) is 1. The van der Waals surface area contributed by atoms with Crippen molar-refractivity contribution in [3.05, 3.63) is 35.9 Å². The van der Waals surface area contributed by atoms with Gasteiger partial charge in [-0.15, -0.1) is 0 Å². The Hall–Kier alpha value is -1.55. The van der Waals surface area contributed by atoms with Crippen LogP contribution in [0.4, 0.5) is 4.79 Å². The van der Waals surface area contributed by atoms with Gasteiger partial charge < -0.3 is 15.4 Å². The lowest BCUT2D eigenvalue weighted by Gasteiger charge is -2.30. The summed E-state index contributed by atoms with van der Waals surface area (Å²) in [7, 11) is 1.78. The molecule has 112 valence electrons. The van der Waals surface area contributed by atoms with Crippen molar-refractivity contribution in [2.75, 3.05) is 13.6 Å². The number of amides is 1. The summed E-state index contributed by atoms with van der Waals surface area (Å²) >= 11 is 0. The molecule has 1 aromatic rings. The normalized spacial score (nSPS) is 12.8. The van der Waals surface area contributed by atoms with Gasteiger partial charge in [-0.2, -0.15) is 0 Å². The lowest BCUT2D eigenvalue weighted by Crippen LogP contribution is -2.42. The first kappa shape index (κ1) is 16.5. The van der Waals surface area contributed by atoms with Crippen LogP contribution in [0.5, 0.6) is 0 Å². The first-order chi connectivity index (χ1) is 9.33. The Balaban J connectivity index is 2.72. The van der Waals surface area contributed by atoms with Crippen LogP contribution < -0.4 is 5.73 Å². The highest BCUT2D eigenvalue weighted by atomic mass is 16.6. The molecule has 0 aliphatic heterocycles. The maximum absolute atomic E-state index is 12.1. The molecule has 2 N–H and O–H groups in total. The fourth-order valence-electron chi connectivity index (χ4n) is 1.99. The molecular weight excluding hydrogens is 252 g/mol. The van der Waals surface area contributed by atoms with E-state index in [0.29, 0.717) is 6.54 Å². The first-order valence-corrected chi connectivity index (χ1v) is 7.03. The average Bonchev–Trinajstić information content (AvgIpc) is 2.36. The molecule has 0 spiro atoms. The molecule has 0 unspecified atom stereocenters. The molecule has 0 bridgehead atoms. The zero-order valence-corrected chi connectivity index (χ0v) is 12.9. The molecule has 20 heavy (non-hydrogen) atoms. The second kappa shape index (κ2) is 7.29. The highest BCUT2D eigenvalue weighted by molar-refractivity contribution is 5.68.